The number of nitrogens with zero attached hydrogens (tertiary/aromatic N) is 2. The van der Waals surface area contributed by atoms with Crippen molar-refractivity contribution in [2.24, 2.45) is 0 Å². The van der Waals surface area contributed by atoms with E-state index in [2.05, 4.69) is 15.7 Å². The molecule has 0 radical (unpaired) electrons. The summed E-state index contributed by atoms with van der Waals surface area (Å²) in [6, 6.07) is 12.4. The molecule has 0 unspecified atom stereocenters. The van der Waals surface area contributed by atoms with Crippen molar-refractivity contribution in [1.82, 2.24) is 15.1 Å². The molecular formula is C20H20N4O4. The van der Waals surface area contributed by atoms with E-state index in [1.165, 1.54) is 13.3 Å². The van der Waals surface area contributed by atoms with E-state index in [0.29, 0.717) is 22.2 Å². The van der Waals surface area contributed by atoms with Crippen LogP contribution in [-0.4, -0.2) is 35.2 Å². The molecule has 3 aromatic rings. The second-order valence-corrected chi connectivity index (χ2v) is 6.22. The molecule has 0 bridgehead atoms. The van der Waals surface area contributed by atoms with Crippen molar-refractivity contribution in [1.29, 1.82) is 0 Å². The number of methoxy groups -OCH3 is 1. The van der Waals surface area contributed by atoms with E-state index in [-0.39, 0.29) is 18.6 Å². The largest absolute Gasteiger partial charge is 0.495 e. The highest BCUT2D eigenvalue weighted by Gasteiger charge is 2.11. The molecule has 0 atom stereocenters. The maximum atomic E-state index is 12.4. The van der Waals surface area contributed by atoms with Gasteiger partial charge in [-0.1, -0.05) is 24.3 Å². The van der Waals surface area contributed by atoms with Crippen molar-refractivity contribution < 1.29 is 14.3 Å². The predicted molar refractivity (Wildman–Crippen MR) is 105 cm³/mol. The lowest BCUT2D eigenvalue weighted by atomic mass is 10.2. The van der Waals surface area contributed by atoms with E-state index in [1.54, 1.807) is 30.3 Å². The van der Waals surface area contributed by atoms with Crippen LogP contribution >= 0.6 is 0 Å². The third kappa shape index (κ3) is 4.35. The molecular weight excluding hydrogens is 360 g/mol. The van der Waals surface area contributed by atoms with E-state index in [9.17, 15) is 14.4 Å². The van der Waals surface area contributed by atoms with E-state index in [1.807, 2.05) is 19.1 Å². The van der Waals surface area contributed by atoms with Crippen molar-refractivity contribution in [3.8, 4) is 5.75 Å². The second kappa shape index (κ2) is 8.34. The molecule has 0 saturated heterocycles. The minimum Gasteiger partial charge on any atom is -0.495 e. The van der Waals surface area contributed by atoms with Crippen LogP contribution in [0.15, 0.2) is 53.5 Å². The number of anilines is 1. The average molecular weight is 380 g/mol. The number of aryl methyl sites for hydroxylation is 1. The second-order valence-electron chi connectivity index (χ2n) is 6.22. The van der Waals surface area contributed by atoms with E-state index < -0.39 is 11.8 Å². The van der Waals surface area contributed by atoms with Crippen molar-refractivity contribution in [2.75, 3.05) is 19.0 Å². The number of carbonyl (C=O) groups is 2. The Kier molecular flexibility index (Phi) is 5.69. The first-order valence-corrected chi connectivity index (χ1v) is 8.64. The first-order valence-electron chi connectivity index (χ1n) is 8.64. The summed E-state index contributed by atoms with van der Waals surface area (Å²) < 4.78 is 6.27. The van der Waals surface area contributed by atoms with Gasteiger partial charge >= 0.3 is 0 Å². The molecule has 8 nitrogen and oxygen atoms in total. The third-order valence-electron chi connectivity index (χ3n) is 4.13. The van der Waals surface area contributed by atoms with Crippen LogP contribution in [0.1, 0.15) is 5.56 Å². The number of nitrogens with one attached hydrogen (secondary N) is 2. The molecule has 0 aliphatic carbocycles. The van der Waals surface area contributed by atoms with Crippen LogP contribution in [-0.2, 0) is 16.1 Å². The SMILES string of the molecule is COc1ccc(C)cc1NC(=O)CNC(=O)Cn1ncc2ccccc2c1=O. The van der Waals surface area contributed by atoms with Gasteiger partial charge in [-0.25, -0.2) is 4.68 Å². The standard InChI is InChI=1S/C20H20N4O4/c1-13-7-8-17(28-2)16(9-13)23-18(25)11-21-19(26)12-24-20(27)15-6-4-3-5-14(15)10-22-24/h3-10H,11-12H2,1-2H3,(H,21,26)(H,23,25). The van der Waals surface area contributed by atoms with Gasteiger partial charge in [0.2, 0.25) is 11.8 Å². The Morgan fingerprint density at radius 2 is 1.93 bits per heavy atom. The quantitative estimate of drug-likeness (QED) is 0.674. The van der Waals surface area contributed by atoms with Crippen LogP contribution in [0.3, 0.4) is 0 Å². The van der Waals surface area contributed by atoms with Gasteiger partial charge in [0.05, 0.1) is 30.9 Å². The molecule has 2 N–H and O–H groups in total. The van der Waals surface area contributed by atoms with Gasteiger partial charge in [-0.15, -0.1) is 0 Å². The number of aromatic nitrogens is 2. The number of hydrogen-bond donors (Lipinski definition) is 2. The fraction of sp³-hybridized carbons (Fsp3) is 0.200. The summed E-state index contributed by atoms with van der Waals surface area (Å²) in [6.07, 6.45) is 1.53. The van der Waals surface area contributed by atoms with Crippen molar-refractivity contribution in [3.63, 3.8) is 0 Å². The minimum absolute atomic E-state index is 0.238. The maximum Gasteiger partial charge on any atom is 0.275 e. The zero-order valence-electron chi connectivity index (χ0n) is 15.6. The molecule has 2 aromatic carbocycles. The molecule has 8 heteroatoms. The topological polar surface area (TPSA) is 102 Å². The fourth-order valence-corrected chi connectivity index (χ4v) is 2.73. The molecule has 0 aliphatic rings. The Morgan fingerprint density at radius 1 is 1.14 bits per heavy atom. The summed E-state index contributed by atoms with van der Waals surface area (Å²) in [7, 11) is 1.51. The van der Waals surface area contributed by atoms with Gasteiger partial charge in [0, 0.05) is 5.39 Å². The average Bonchev–Trinajstić information content (AvgIpc) is 2.69. The Labute approximate surface area is 161 Å². The number of benzene rings is 2. The first kappa shape index (κ1) is 19.1. The van der Waals surface area contributed by atoms with Crippen LogP contribution in [0, 0.1) is 6.92 Å². The first-order chi connectivity index (χ1) is 13.5. The lowest BCUT2D eigenvalue weighted by Gasteiger charge is -2.11. The van der Waals surface area contributed by atoms with Crippen LogP contribution in [0.25, 0.3) is 10.8 Å². The van der Waals surface area contributed by atoms with Gasteiger partial charge in [-0.3, -0.25) is 14.4 Å². The lowest BCUT2D eigenvalue weighted by Crippen LogP contribution is -2.37. The van der Waals surface area contributed by atoms with Crippen LogP contribution < -0.4 is 20.9 Å². The van der Waals surface area contributed by atoms with Gasteiger partial charge in [0.25, 0.3) is 5.56 Å². The Balaban J connectivity index is 1.60. The highest BCUT2D eigenvalue weighted by atomic mass is 16.5. The van der Waals surface area contributed by atoms with Gasteiger partial charge in [-0.2, -0.15) is 5.10 Å². The van der Waals surface area contributed by atoms with Crippen LogP contribution in [0.2, 0.25) is 0 Å². The number of rotatable bonds is 6. The molecule has 144 valence electrons. The van der Waals surface area contributed by atoms with Crippen LogP contribution in [0.5, 0.6) is 5.75 Å². The number of amides is 2. The zero-order chi connectivity index (χ0) is 20.1. The van der Waals surface area contributed by atoms with Gasteiger partial charge in [0.15, 0.2) is 0 Å². The lowest BCUT2D eigenvalue weighted by molar-refractivity contribution is -0.124. The Bertz CT molecular complexity index is 1090. The number of hydrogen-bond acceptors (Lipinski definition) is 5. The van der Waals surface area contributed by atoms with Crippen LogP contribution in [0.4, 0.5) is 5.69 Å². The zero-order valence-corrected chi connectivity index (χ0v) is 15.6. The van der Waals surface area contributed by atoms with Gasteiger partial charge in [-0.05, 0) is 30.7 Å². The molecule has 0 fully saturated rings. The Hall–Kier alpha value is -3.68. The molecule has 3 rings (SSSR count). The van der Waals surface area contributed by atoms with E-state index in [4.69, 9.17) is 4.74 Å². The van der Waals surface area contributed by atoms with Crippen molar-refractivity contribution in [2.45, 2.75) is 13.5 Å². The molecule has 1 aromatic heterocycles. The molecule has 28 heavy (non-hydrogen) atoms. The maximum absolute atomic E-state index is 12.4. The molecule has 2 amide bonds. The number of carbonyl (C=O) groups excluding carboxylic acids is 2. The normalized spacial score (nSPS) is 10.5. The molecule has 1 heterocycles. The molecule has 0 spiro atoms. The summed E-state index contributed by atoms with van der Waals surface area (Å²) in [6.45, 7) is 1.38. The van der Waals surface area contributed by atoms with E-state index in [0.717, 1.165) is 10.2 Å². The predicted octanol–water partition coefficient (Wildman–Crippen LogP) is 1.47. The monoisotopic (exact) mass is 380 g/mol. The summed E-state index contributed by atoms with van der Waals surface area (Å²) in [5.74, 6) is -0.371. The van der Waals surface area contributed by atoms with E-state index >= 15 is 0 Å². The molecule has 0 aliphatic heterocycles. The number of fused-ring (bicyclic) bond motifs is 1. The summed E-state index contributed by atoms with van der Waals surface area (Å²) in [5.41, 5.74) is 1.12. The van der Waals surface area contributed by atoms with Crippen molar-refractivity contribution >= 4 is 28.3 Å². The Morgan fingerprint density at radius 3 is 2.71 bits per heavy atom. The summed E-state index contributed by atoms with van der Waals surface area (Å²) >= 11 is 0. The fourth-order valence-electron chi connectivity index (χ4n) is 2.73. The summed E-state index contributed by atoms with van der Waals surface area (Å²) in [5, 5.41) is 10.4. The van der Waals surface area contributed by atoms with Gasteiger partial charge in [0.1, 0.15) is 12.3 Å². The smallest absolute Gasteiger partial charge is 0.275 e. The summed E-state index contributed by atoms with van der Waals surface area (Å²) in [4.78, 5) is 36.6. The molecule has 0 saturated carbocycles. The third-order valence-corrected chi connectivity index (χ3v) is 4.13. The highest BCUT2D eigenvalue weighted by Crippen LogP contribution is 2.24. The minimum atomic E-state index is -0.490. The van der Waals surface area contributed by atoms with Gasteiger partial charge < -0.3 is 15.4 Å². The van der Waals surface area contributed by atoms with Crippen molar-refractivity contribution in [3.05, 3.63) is 64.6 Å². The number of ether oxygens (including phenoxy) is 1. The highest BCUT2D eigenvalue weighted by molar-refractivity contribution is 5.95.